The molecule has 0 bridgehead atoms. The first-order valence-corrected chi connectivity index (χ1v) is 15.4. The number of phenols is 1. The maximum atomic E-state index is 12.5. The summed E-state index contributed by atoms with van der Waals surface area (Å²) in [6, 6.07) is 5.93. The zero-order valence-corrected chi connectivity index (χ0v) is 25.6. The molecule has 13 heteroatoms. The van der Waals surface area contributed by atoms with E-state index < -0.39 is 11.5 Å². The monoisotopic (exact) mass is 643 g/mol. The highest BCUT2D eigenvalue weighted by molar-refractivity contribution is 6.33. The van der Waals surface area contributed by atoms with Crippen LogP contribution < -0.4 is 27.7 Å². The molecule has 0 aliphatic heterocycles. The SMILES string of the molecule is N.O=C(CCCCCNC(=O)c1cc2cc(Cl)c(O)cc2oc1=O)NCC(=O)Nc1cc([C@H]2CC3CCC34CC24)cnc1Cl. The molecule has 0 saturated heterocycles. The number of unbranched alkanes of at least 4 members (excludes halogenated alkanes) is 2. The van der Waals surface area contributed by atoms with Crippen LogP contribution in [0.5, 0.6) is 5.75 Å². The molecule has 3 aliphatic rings. The van der Waals surface area contributed by atoms with Gasteiger partial charge in [0, 0.05) is 30.6 Å². The largest absolute Gasteiger partial charge is 0.506 e. The van der Waals surface area contributed by atoms with Gasteiger partial charge < -0.3 is 31.6 Å². The van der Waals surface area contributed by atoms with Crippen molar-refractivity contribution in [3.8, 4) is 5.75 Å². The van der Waals surface area contributed by atoms with Crippen molar-refractivity contribution in [3.05, 3.63) is 62.2 Å². The van der Waals surface area contributed by atoms with Crippen LogP contribution in [-0.4, -0.2) is 40.9 Å². The number of hydrogen-bond donors (Lipinski definition) is 5. The molecule has 7 N–H and O–H groups in total. The van der Waals surface area contributed by atoms with Gasteiger partial charge in [-0.1, -0.05) is 29.6 Å². The molecule has 6 rings (SSSR count). The minimum atomic E-state index is -0.824. The van der Waals surface area contributed by atoms with Crippen molar-refractivity contribution in [2.75, 3.05) is 18.4 Å². The van der Waals surface area contributed by atoms with Crippen molar-refractivity contribution >= 4 is 57.6 Å². The van der Waals surface area contributed by atoms with E-state index in [4.69, 9.17) is 27.6 Å². The summed E-state index contributed by atoms with van der Waals surface area (Å²) in [6.45, 7) is 0.125. The molecule has 3 aliphatic carbocycles. The van der Waals surface area contributed by atoms with Crippen LogP contribution in [0.3, 0.4) is 0 Å². The molecule has 0 radical (unpaired) electrons. The average Bonchev–Trinajstić information content (AvgIpc) is 3.69. The van der Waals surface area contributed by atoms with Crippen LogP contribution in [0.1, 0.15) is 73.2 Å². The molecule has 3 saturated carbocycles. The summed E-state index contributed by atoms with van der Waals surface area (Å²) in [5, 5.41) is 18.5. The van der Waals surface area contributed by atoms with Crippen molar-refractivity contribution in [1.29, 1.82) is 0 Å². The number of fused-ring (bicyclic) bond motifs is 1. The number of pyridine rings is 1. The van der Waals surface area contributed by atoms with Crippen molar-refractivity contribution in [2.45, 2.75) is 57.3 Å². The van der Waals surface area contributed by atoms with Crippen LogP contribution in [0.4, 0.5) is 5.69 Å². The number of amides is 3. The van der Waals surface area contributed by atoms with Gasteiger partial charge in [0.05, 0.1) is 17.3 Å². The molecule has 234 valence electrons. The molecular formula is C31H35Cl2N5O6. The number of rotatable bonds is 11. The Hall–Kier alpha value is -3.67. The lowest BCUT2D eigenvalue weighted by molar-refractivity contribution is -0.124. The Bertz CT molecular complexity index is 1680. The Balaban J connectivity index is 0.00000384. The third-order valence-corrected chi connectivity index (χ3v) is 10.00. The predicted molar refractivity (Wildman–Crippen MR) is 166 cm³/mol. The van der Waals surface area contributed by atoms with Crippen LogP contribution in [0, 0.1) is 17.3 Å². The zero-order valence-electron chi connectivity index (χ0n) is 24.1. The van der Waals surface area contributed by atoms with Gasteiger partial charge in [-0.15, -0.1) is 0 Å². The normalized spacial score (nSPS) is 22.6. The van der Waals surface area contributed by atoms with Crippen LogP contribution >= 0.6 is 23.2 Å². The number of carbonyl (C=O) groups is 3. The Morgan fingerprint density at radius 2 is 1.89 bits per heavy atom. The molecule has 3 aromatic rings. The van der Waals surface area contributed by atoms with Gasteiger partial charge >= 0.3 is 5.63 Å². The molecule has 3 unspecified atom stereocenters. The summed E-state index contributed by atoms with van der Waals surface area (Å²) in [6.07, 6.45) is 9.02. The molecule has 2 aromatic heterocycles. The summed E-state index contributed by atoms with van der Waals surface area (Å²) in [4.78, 5) is 53.7. The van der Waals surface area contributed by atoms with E-state index in [1.165, 1.54) is 43.9 Å². The fourth-order valence-corrected chi connectivity index (χ4v) is 7.27. The Labute approximate surface area is 263 Å². The highest BCUT2D eigenvalue weighted by atomic mass is 35.5. The second-order valence-corrected chi connectivity index (χ2v) is 12.7. The molecule has 44 heavy (non-hydrogen) atoms. The molecule has 3 fully saturated rings. The second kappa shape index (κ2) is 12.7. The predicted octanol–water partition coefficient (Wildman–Crippen LogP) is 5.31. The lowest BCUT2D eigenvalue weighted by Crippen LogP contribution is -2.32. The fourth-order valence-electron chi connectivity index (χ4n) is 6.95. The van der Waals surface area contributed by atoms with E-state index in [0.717, 1.165) is 17.4 Å². The van der Waals surface area contributed by atoms with Crippen LogP contribution in [-0.2, 0) is 9.59 Å². The summed E-state index contributed by atoms with van der Waals surface area (Å²) in [5.41, 5.74) is 1.32. The van der Waals surface area contributed by atoms with E-state index in [1.807, 2.05) is 12.3 Å². The molecule has 11 nitrogen and oxygen atoms in total. The van der Waals surface area contributed by atoms with Crippen LogP contribution in [0.25, 0.3) is 11.0 Å². The maximum absolute atomic E-state index is 12.5. The number of benzene rings is 1. The maximum Gasteiger partial charge on any atom is 0.349 e. The Kier molecular flexibility index (Phi) is 9.20. The number of hydrogen-bond acceptors (Lipinski definition) is 8. The quantitative estimate of drug-likeness (QED) is 0.106. The molecule has 2 heterocycles. The summed E-state index contributed by atoms with van der Waals surface area (Å²) in [7, 11) is 0. The van der Waals surface area contributed by atoms with Gasteiger partial charge in [0.15, 0.2) is 5.15 Å². The summed E-state index contributed by atoms with van der Waals surface area (Å²) < 4.78 is 5.12. The number of halogens is 2. The lowest BCUT2D eigenvalue weighted by Gasteiger charge is -2.34. The first-order valence-electron chi connectivity index (χ1n) is 14.6. The molecular weight excluding hydrogens is 609 g/mol. The van der Waals surface area contributed by atoms with Gasteiger partial charge in [-0.3, -0.25) is 14.4 Å². The van der Waals surface area contributed by atoms with E-state index in [0.29, 0.717) is 48.2 Å². The van der Waals surface area contributed by atoms with Gasteiger partial charge in [-0.2, -0.15) is 0 Å². The van der Waals surface area contributed by atoms with E-state index in [2.05, 4.69) is 20.9 Å². The Morgan fingerprint density at radius 1 is 1.07 bits per heavy atom. The smallest absolute Gasteiger partial charge is 0.349 e. The highest BCUT2D eigenvalue weighted by Gasteiger charge is 2.70. The zero-order chi connectivity index (χ0) is 30.3. The standard InChI is InChI=1S/C31H32Cl2N4O6.H3N/c32-22-9-16-8-20(30(42)43-25(16)12-24(22)38)29(41)34-7-3-1-2-4-26(39)35-15-27(40)37-23-10-17(14-36-28(23)33)19-11-18-5-6-31(18)13-21(19)31;/h8-10,12,14,18-19,21,38H,1-7,11,13,15H2,(H,34,41)(H,35,39)(H,37,40);1H3/t18?,19-,21?,31?;/m1./s1. The van der Waals surface area contributed by atoms with Gasteiger partial charge in [-0.05, 0) is 85.5 Å². The third kappa shape index (κ3) is 6.27. The van der Waals surface area contributed by atoms with Gasteiger partial charge in [0.2, 0.25) is 11.8 Å². The molecule has 3 amide bonds. The van der Waals surface area contributed by atoms with E-state index in [1.54, 1.807) is 0 Å². The topological polar surface area (TPSA) is 186 Å². The molecule has 4 atom stereocenters. The van der Waals surface area contributed by atoms with Crippen molar-refractivity contribution < 1.29 is 23.9 Å². The number of aromatic nitrogens is 1. The van der Waals surface area contributed by atoms with Crippen molar-refractivity contribution in [3.63, 3.8) is 0 Å². The number of anilines is 1. The van der Waals surface area contributed by atoms with E-state index >= 15 is 0 Å². The highest BCUT2D eigenvalue weighted by Crippen LogP contribution is 2.79. The number of aromatic hydroxyl groups is 1. The number of nitrogens with zero attached hydrogens (tertiary/aromatic N) is 1. The van der Waals surface area contributed by atoms with Gasteiger partial charge in [0.1, 0.15) is 16.9 Å². The molecule has 1 spiro atoms. The fraction of sp³-hybridized carbons (Fsp3) is 0.452. The Morgan fingerprint density at radius 3 is 2.59 bits per heavy atom. The van der Waals surface area contributed by atoms with Gasteiger partial charge in [-0.25, -0.2) is 9.78 Å². The number of phenolic OH excluding ortho intramolecular Hbond substituents is 1. The summed E-state index contributed by atoms with van der Waals surface area (Å²) >= 11 is 12.2. The van der Waals surface area contributed by atoms with Crippen LogP contribution in [0.2, 0.25) is 10.2 Å². The molecule has 1 aromatic carbocycles. The van der Waals surface area contributed by atoms with Crippen molar-refractivity contribution in [1.82, 2.24) is 21.8 Å². The second-order valence-electron chi connectivity index (χ2n) is 11.9. The van der Waals surface area contributed by atoms with Crippen molar-refractivity contribution in [2.24, 2.45) is 17.3 Å². The summed E-state index contributed by atoms with van der Waals surface area (Å²) in [5.74, 6) is 0.612. The first kappa shape index (κ1) is 31.7. The van der Waals surface area contributed by atoms with Gasteiger partial charge in [0.25, 0.3) is 5.91 Å². The minimum Gasteiger partial charge on any atom is -0.506 e. The van der Waals surface area contributed by atoms with E-state index in [-0.39, 0.29) is 58.0 Å². The third-order valence-electron chi connectivity index (χ3n) is 9.39. The minimum absolute atomic E-state index is 0. The number of nitrogens with one attached hydrogen (secondary N) is 3. The first-order chi connectivity index (χ1) is 20.6. The number of carbonyl (C=O) groups excluding carboxylic acids is 3. The van der Waals surface area contributed by atoms with E-state index in [9.17, 15) is 24.3 Å². The van der Waals surface area contributed by atoms with Crippen LogP contribution in [0.15, 0.2) is 39.7 Å². The average molecular weight is 645 g/mol. The lowest BCUT2D eigenvalue weighted by atomic mass is 9.71.